The molecular formula is C17H21ClF5N3O2. The molecule has 0 saturated carbocycles. The van der Waals surface area contributed by atoms with Gasteiger partial charge < -0.3 is 14.5 Å². The van der Waals surface area contributed by atoms with Crippen LogP contribution in [-0.4, -0.2) is 62.1 Å². The Morgan fingerprint density at radius 2 is 2.04 bits per heavy atom. The van der Waals surface area contributed by atoms with Crippen LogP contribution in [0.4, 0.5) is 27.8 Å². The lowest BCUT2D eigenvalue weighted by molar-refractivity contribution is -0.139. The molecule has 28 heavy (non-hydrogen) atoms. The third-order valence-corrected chi connectivity index (χ3v) is 4.81. The van der Waals surface area contributed by atoms with Gasteiger partial charge in [-0.3, -0.25) is 4.79 Å². The summed E-state index contributed by atoms with van der Waals surface area (Å²) in [6.07, 6.45) is -5.73. The summed E-state index contributed by atoms with van der Waals surface area (Å²) in [5.74, 6) is -0.604. The number of pyridine rings is 1. The minimum absolute atomic E-state index is 0.0756. The average molecular weight is 430 g/mol. The summed E-state index contributed by atoms with van der Waals surface area (Å²) in [6.45, 7) is 0.242. The highest BCUT2D eigenvalue weighted by Gasteiger charge is 2.33. The SMILES string of the molecule is COCCN(CC(F)F)C(=O)C1CCN(c2ncc(C(F)(F)F)cc2Cl)CC1. The standard InChI is InChI=1S/C17H21ClF5N3O2/c1-28-7-6-26(10-14(19)20)16(27)11-2-4-25(5-3-11)15-13(18)8-12(9-24-15)17(21,22)23/h8-9,11,14H,2-7,10H2,1H3. The molecule has 2 heterocycles. The molecule has 0 aliphatic carbocycles. The van der Waals surface area contributed by atoms with Crippen LogP contribution in [0.25, 0.3) is 0 Å². The highest BCUT2D eigenvalue weighted by molar-refractivity contribution is 6.33. The average Bonchev–Trinajstić information content (AvgIpc) is 2.63. The molecule has 5 nitrogen and oxygen atoms in total. The fraction of sp³-hybridized carbons (Fsp3) is 0.647. The number of rotatable bonds is 7. The molecule has 0 N–H and O–H groups in total. The lowest BCUT2D eigenvalue weighted by Gasteiger charge is -2.35. The molecule has 158 valence electrons. The number of piperidine rings is 1. The maximum absolute atomic E-state index is 12.7. The molecule has 1 amide bonds. The van der Waals surface area contributed by atoms with Crippen LogP contribution in [0.15, 0.2) is 12.3 Å². The van der Waals surface area contributed by atoms with Crippen LogP contribution in [0.2, 0.25) is 5.02 Å². The maximum Gasteiger partial charge on any atom is 0.417 e. The molecule has 0 radical (unpaired) electrons. The van der Waals surface area contributed by atoms with Gasteiger partial charge in [0.15, 0.2) is 0 Å². The van der Waals surface area contributed by atoms with Crippen LogP contribution >= 0.6 is 11.6 Å². The third kappa shape index (κ3) is 5.91. The first-order valence-electron chi connectivity index (χ1n) is 8.67. The second-order valence-corrected chi connectivity index (χ2v) is 6.86. The Balaban J connectivity index is 2.00. The number of halogens is 6. The quantitative estimate of drug-likeness (QED) is 0.620. The molecule has 0 spiro atoms. The van der Waals surface area contributed by atoms with Gasteiger partial charge in [0, 0.05) is 38.9 Å². The number of nitrogens with zero attached hydrogens (tertiary/aromatic N) is 3. The van der Waals surface area contributed by atoms with Crippen LogP contribution in [0.3, 0.4) is 0 Å². The van der Waals surface area contributed by atoms with Crippen LogP contribution in [-0.2, 0) is 15.7 Å². The van der Waals surface area contributed by atoms with E-state index in [9.17, 15) is 26.7 Å². The summed E-state index contributed by atoms with van der Waals surface area (Å²) < 4.78 is 68.5. The Morgan fingerprint density at radius 3 is 2.54 bits per heavy atom. The topological polar surface area (TPSA) is 45.7 Å². The van der Waals surface area contributed by atoms with E-state index in [1.54, 1.807) is 4.90 Å². The van der Waals surface area contributed by atoms with E-state index in [1.807, 2.05) is 0 Å². The van der Waals surface area contributed by atoms with Gasteiger partial charge in [-0.1, -0.05) is 11.6 Å². The second kappa shape index (κ2) is 9.69. The van der Waals surface area contributed by atoms with Crippen molar-refractivity contribution in [3.05, 3.63) is 22.8 Å². The van der Waals surface area contributed by atoms with Gasteiger partial charge in [-0.2, -0.15) is 13.2 Å². The second-order valence-electron chi connectivity index (χ2n) is 6.46. The van der Waals surface area contributed by atoms with E-state index in [4.69, 9.17) is 16.3 Å². The molecule has 1 fully saturated rings. The number of carbonyl (C=O) groups excluding carboxylic acids is 1. The number of alkyl halides is 5. The van der Waals surface area contributed by atoms with Gasteiger partial charge in [0.05, 0.1) is 23.7 Å². The number of ether oxygens (including phenoxy) is 1. The summed E-state index contributed by atoms with van der Waals surface area (Å²) in [6, 6.07) is 0.816. The van der Waals surface area contributed by atoms with Crippen molar-refractivity contribution in [1.82, 2.24) is 9.88 Å². The van der Waals surface area contributed by atoms with Crippen molar-refractivity contribution < 1.29 is 31.5 Å². The first kappa shape index (κ1) is 22.6. The van der Waals surface area contributed by atoms with Crippen LogP contribution in [0, 0.1) is 5.92 Å². The van der Waals surface area contributed by atoms with E-state index in [1.165, 1.54) is 7.11 Å². The highest BCUT2D eigenvalue weighted by Crippen LogP contribution is 2.34. The van der Waals surface area contributed by atoms with Crippen LogP contribution in [0.1, 0.15) is 18.4 Å². The van der Waals surface area contributed by atoms with Gasteiger partial charge in [-0.15, -0.1) is 0 Å². The van der Waals surface area contributed by atoms with Gasteiger partial charge in [0.2, 0.25) is 5.91 Å². The molecular weight excluding hydrogens is 409 g/mol. The number of methoxy groups -OCH3 is 1. The smallest absolute Gasteiger partial charge is 0.383 e. The van der Waals surface area contributed by atoms with Gasteiger partial charge in [0.25, 0.3) is 6.43 Å². The zero-order chi connectivity index (χ0) is 20.9. The number of amides is 1. The van der Waals surface area contributed by atoms with Gasteiger partial charge in [0.1, 0.15) is 5.82 Å². The van der Waals surface area contributed by atoms with E-state index in [0.717, 1.165) is 11.0 Å². The molecule has 1 aliphatic heterocycles. The summed E-state index contributed by atoms with van der Waals surface area (Å²) in [5.41, 5.74) is -0.938. The Kier molecular flexibility index (Phi) is 7.82. The zero-order valence-corrected chi connectivity index (χ0v) is 15.9. The molecule has 1 aromatic rings. The van der Waals surface area contributed by atoms with Crippen molar-refractivity contribution in [2.75, 3.05) is 44.8 Å². The maximum atomic E-state index is 12.7. The molecule has 1 aromatic heterocycles. The van der Waals surface area contributed by atoms with Gasteiger partial charge in [-0.25, -0.2) is 13.8 Å². The summed E-state index contributed by atoms with van der Waals surface area (Å²) in [7, 11) is 1.42. The molecule has 0 bridgehead atoms. The molecule has 0 aromatic carbocycles. The molecule has 0 unspecified atom stereocenters. The molecule has 0 atom stereocenters. The monoisotopic (exact) mass is 429 g/mol. The minimum Gasteiger partial charge on any atom is -0.383 e. The van der Waals surface area contributed by atoms with E-state index < -0.39 is 30.6 Å². The fourth-order valence-electron chi connectivity index (χ4n) is 3.07. The van der Waals surface area contributed by atoms with E-state index in [-0.39, 0.29) is 29.9 Å². The highest BCUT2D eigenvalue weighted by atomic mass is 35.5. The number of aromatic nitrogens is 1. The van der Waals surface area contributed by atoms with E-state index >= 15 is 0 Å². The van der Waals surface area contributed by atoms with Crippen molar-refractivity contribution >= 4 is 23.3 Å². The minimum atomic E-state index is -4.54. The third-order valence-electron chi connectivity index (χ3n) is 4.53. The predicted octanol–water partition coefficient (Wildman–Crippen LogP) is 3.71. The van der Waals surface area contributed by atoms with Crippen LogP contribution in [0.5, 0.6) is 0 Å². The number of anilines is 1. The van der Waals surface area contributed by atoms with Gasteiger partial charge >= 0.3 is 6.18 Å². The lowest BCUT2D eigenvalue weighted by atomic mass is 9.95. The van der Waals surface area contributed by atoms with Crippen molar-refractivity contribution in [2.24, 2.45) is 5.92 Å². The van der Waals surface area contributed by atoms with Gasteiger partial charge in [-0.05, 0) is 18.9 Å². The molecule has 11 heteroatoms. The van der Waals surface area contributed by atoms with Crippen molar-refractivity contribution in [2.45, 2.75) is 25.4 Å². The van der Waals surface area contributed by atoms with E-state index in [2.05, 4.69) is 4.98 Å². The Morgan fingerprint density at radius 1 is 1.39 bits per heavy atom. The molecule has 2 rings (SSSR count). The lowest BCUT2D eigenvalue weighted by Crippen LogP contribution is -2.45. The predicted molar refractivity (Wildman–Crippen MR) is 93.6 cm³/mol. The number of hydrogen-bond acceptors (Lipinski definition) is 4. The van der Waals surface area contributed by atoms with E-state index in [0.29, 0.717) is 32.1 Å². The summed E-state index contributed by atoms with van der Waals surface area (Å²) in [5, 5.41) is -0.126. The van der Waals surface area contributed by atoms with Crippen molar-refractivity contribution in [1.29, 1.82) is 0 Å². The number of hydrogen-bond donors (Lipinski definition) is 0. The first-order valence-corrected chi connectivity index (χ1v) is 9.04. The van der Waals surface area contributed by atoms with Crippen LogP contribution < -0.4 is 4.90 Å². The van der Waals surface area contributed by atoms with Crippen molar-refractivity contribution in [3.8, 4) is 0 Å². The Bertz CT molecular complexity index is 667. The molecule has 1 saturated heterocycles. The largest absolute Gasteiger partial charge is 0.417 e. The zero-order valence-electron chi connectivity index (χ0n) is 15.2. The first-order chi connectivity index (χ1) is 13.1. The summed E-state index contributed by atoms with van der Waals surface area (Å²) >= 11 is 5.96. The molecule has 1 aliphatic rings. The summed E-state index contributed by atoms with van der Waals surface area (Å²) in [4.78, 5) is 19.2. The fourth-order valence-corrected chi connectivity index (χ4v) is 3.36. The number of carbonyl (C=O) groups is 1. The Labute approximate surface area is 164 Å². The van der Waals surface area contributed by atoms with Crippen molar-refractivity contribution in [3.63, 3.8) is 0 Å². The Hall–Kier alpha value is -1.68. The normalized spacial score (nSPS) is 15.9.